The molecule has 6 heteroatoms. The van der Waals surface area contributed by atoms with E-state index in [0.29, 0.717) is 11.3 Å². The van der Waals surface area contributed by atoms with E-state index in [9.17, 15) is 8.42 Å². The van der Waals surface area contributed by atoms with Crippen LogP contribution in [0, 0.1) is 6.92 Å². The van der Waals surface area contributed by atoms with Gasteiger partial charge in [0.05, 0.1) is 17.4 Å². The van der Waals surface area contributed by atoms with Gasteiger partial charge in [-0.2, -0.15) is 0 Å². The van der Waals surface area contributed by atoms with Crippen molar-refractivity contribution in [3.05, 3.63) is 47.9 Å². The molecule has 0 radical (unpaired) electrons. The molecule has 0 bridgehead atoms. The fourth-order valence-electron chi connectivity index (χ4n) is 1.62. The minimum absolute atomic E-state index is 0.197. The predicted molar refractivity (Wildman–Crippen MR) is 68.3 cm³/mol. The first-order valence-corrected chi connectivity index (χ1v) is 6.84. The Kier molecular flexibility index (Phi) is 3.40. The van der Waals surface area contributed by atoms with Crippen LogP contribution in [-0.2, 0) is 16.6 Å². The normalized spacial score (nSPS) is 11.6. The van der Waals surface area contributed by atoms with Crippen LogP contribution >= 0.6 is 0 Å². The lowest BCUT2D eigenvalue weighted by Gasteiger charge is -2.09. The molecule has 0 aliphatic carbocycles. The first kappa shape index (κ1) is 12.7. The van der Waals surface area contributed by atoms with Gasteiger partial charge < -0.3 is 10.2 Å². The average Bonchev–Trinajstić information content (AvgIpc) is 2.78. The van der Waals surface area contributed by atoms with Crippen molar-refractivity contribution in [1.29, 1.82) is 0 Å². The molecule has 1 aromatic carbocycles. The van der Waals surface area contributed by atoms with Gasteiger partial charge in [0, 0.05) is 17.8 Å². The van der Waals surface area contributed by atoms with E-state index in [1.54, 1.807) is 25.1 Å². The second-order valence-electron chi connectivity index (χ2n) is 3.98. The molecule has 2 rings (SSSR count). The van der Waals surface area contributed by atoms with Crippen molar-refractivity contribution >= 4 is 15.7 Å². The SMILES string of the molecule is Cc1cc(N)ccc1S(=O)(=O)NCc1ccoc1. The molecule has 1 heterocycles. The lowest BCUT2D eigenvalue weighted by Crippen LogP contribution is -2.23. The van der Waals surface area contributed by atoms with Gasteiger partial charge in [0.2, 0.25) is 10.0 Å². The molecule has 0 amide bonds. The van der Waals surface area contributed by atoms with Crippen LogP contribution in [0.4, 0.5) is 5.69 Å². The van der Waals surface area contributed by atoms with Gasteiger partial charge in [0.25, 0.3) is 0 Å². The van der Waals surface area contributed by atoms with Crippen molar-refractivity contribution in [2.75, 3.05) is 5.73 Å². The first-order valence-electron chi connectivity index (χ1n) is 5.36. The molecular formula is C12H14N2O3S. The van der Waals surface area contributed by atoms with E-state index in [4.69, 9.17) is 10.2 Å². The number of benzene rings is 1. The highest BCUT2D eigenvalue weighted by molar-refractivity contribution is 7.89. The smallest absolute Gasteiger partial charge is 0.241 e. The van der Waals surface area contributed by atoms with Crippen molar-refractivity contribution in [2.45, 2.75) is 18.4 Å². The maximum Gasteiger partial charge on any atom is 0.241 e. The van der Waals surface area contributed by atoms with Crippen molar-refractivity contribution in [3.8, 4) is 0 Å². The maximum absolute atomic E-state index is 12.1. The van der Waals surface area contributed by atoms with Crippen molar-refractivity contribution in [3.63, 3.8) is 0 Å². The molecule has 3 N–H and O–H groups in total. The summed E-state index contributed by atoms with van der Waals surface area (Å²) in [5, 5.41) is 0. The average molecular weight is 266 g/mol. The second kappa shape index (κ2) is 4.83. The number of anilines is 1. The highest BCUT2D eigenvalue weighted by Crippen LogP contribution is 2.18. The summed E-state index contributed by atoms with van der Waals surface area (Å²) in [6, 6.07) is 6.41. The number of aryl methyl sites for hydroxylation is 1. The minimum atomic E-state index is -3.53. The van der Waals surface area contributed by atoms with E-state index in [1.807, 2.05) is 0 Å². The third-order valence-corrected chi connectivity index (χ3v) is 4.10. The minimum Gasteiger partial charge on any atom is -0.472 e. The standard InChI is InChI=1S/C12H14N2O3S/c1-9-6-11(13)2-3-12(9)18(15,16)14-7-10-4-5-17-8-10/h2-6,8,14H,7,13H2,1H3. The molecule has 0 aliphatic heterocycles. The Bertz CT molecular complexity index is 633. The summed E-state index contributed by atoms with van der Waals surface area (Å²) in [5.74, 6) is 0. The number of rotatable bonds is 4. The Morgan fingerprint density at radius 1 is 1.33 bits per heavy atom. The summed E-state index contributed by atoms with van der Waals surface area (Å²) in [7, 11) is -3.53. The predicted octanol–water partition coefficient (Wildman–Crippen LogP) is 1.65. The van der Waals surface area contributed by atoms with E-state index in [-0.39, 0.29) is 11.4 Å². The van der Waals surface area contributed by atoms with E-state index in [1.165, 1.54) is 18.6 Å². The largest absolute Gasteiger partial charge is 0.472 e. The number of hydrogen-bond donors (Lipinski definition) is 2. The number of hydrogen-bond acceptors (Lipinski definition) is 4. The van der Waals surface area contributed by atoms with E-state index >= 15 is 0 Å². The number of nitrogen functional groups attached to an aromatic ring is 1. The third-order valence-electron chi connectivity index (χ3n) is 2.53. The molecule has 96 valence electrons. The topological polar surface area (TPSA) is 85.3 Å². The monoisotopic (exact) mass is 266 g/mol. The Hall–Kier alpha value is -1.79. The molecule has 2 aromatic rings. The van der Waals surface area contributed by atoms with E-state index < -0.39 is 10.0 Å². The zero-order valence-electron chi connectivity index (χ0n) is 9.88. The summed E-state index contributed by atoms with van der Waals surface area (Å²) < 4.78 is 31.5. The van der Waals surface area contributed by atoms with Gasteiger partial charge in [-0.1, -0.05) is 0 Å². The first-order chi connectivity index (χ1) is 8.49. The van der Waals surface area contributed by atoms with Gasteiger partial charge >= 0.3 is 0 Å². The van der Waals surface area contributed by atoms with Crippen LogP contribution in [0.5, 0.6) is 0 Å². The zero-order chi connectivity index (χ0) is 13.2. The molecule has 0 aliphatic rings. The fraction of sp³-hybridized carbons (Fsp3) is 0.167. The van der Waals surface area contributed by atoms with Gasteiger partial charge in [-0.15, -0.1) is 0 Å². The summed E-state index contributed by atoms with van der Waals surface area (Å²) in [5.41, 5.74) is 7.53. The molecule has 18 heavy (non-hydrogen) atoms. The van der Waals surface area contributed by atoms with Gasteiger partial charge in [0.15, 0.2) is 0 Å². The quantitative estimate of drug-likeness (QED) is 0.824. The third kappa shape index (κ3) is 2.72. The van der Waals surface area contributed by atoms with Crippen LogP contribution in [0.2, 0.25) is 0 Å². The highest BCUT2D eigenvalue weighted by Gasteiger charge is 2.16. The van der Waals surface area contributed by atoms with Crippen molar-refractivity contribution < 1.29 is 12.8 Å². The number of sulfonamides is 1. The molecule has 0 spiro atoms. The zero-order valence-corrected chi connectivity index (χ0v) is 10.7. The Morgan fingerprint density at radius 3 is 2.72 bits per heavy atom. The second-order valence-corrected chi connectivity index (χ2v) is 5.72. The Labute approximate surface area is 106 Å². The molecule has 0 unspecified atom stereocenters. The Balaban J connectivity index is 2.20. The van der Waals surface area contributed by atoms with Gasteiger partial charge in [-0.3, -0.25) is 0 Å². The van der Waals surface area contributed by atoms with Gasteiger partial charge in [0.1, 0.15) is 0 Å². The molecule has 0 atom stereocenters. The molecule has 1 aromatic heterocycles. The van der Waals surface area contributed by atoms with Crippen molar-refractivity contribution in [1.82, 2.24) is 4.72 Å². The summed E-state index contributed by atoms with van der Waals surface area (Å²) in [6.45, 7) is 1.91. The van der Waals surface area contributed by atoms with Crippen molar-refractivity contribution in [2.24, 2.45) is 0 Å². The van der Waals surface area contributed by atoms with Crippen LogP contribution in [0.3, 0.4) is 0 Å². The summed E-state index contributed by atoms with van der Waals surface area (Å²) >= 11 is 0. The summed E-state index contributed by atoms with van der Waals surface area (Å²) in [4.78, 5) is 0.236. The lowest BCUT2D eigenvalue weighted by molar-refractivity contribution is 0.561. The lowest BCUT2D eigenvalue weighted by atomic mass is 10.2. The summed E-state index contributed by atoms with van der Waals surface area (Å²) in [6.07, 6.45) is 3.00. The van der Waals surface area contributed by atoms with Gasteiger partial charge in [-0.25, -0.2) is 13.1 Å². The molecular weight excluding hydrogens is 252 g/mol. The van der Waals surface area contributed by atoms with E-state index in [2.05, 4.69) is 4.72 Å². The highest BCUT2D eigenvalue weighted by atomic mass is 32.2. The van der Waals surface area contributed by atoms with Crippen LogP contribution in [0.1, 0.15) is 11.1 Å². The molecule has 5 nitrogen and oxygen atoms in total. The molecule has 0 saturated heterocycles. The number of nitrogens with one attached hydrogen (secondary N) is 1. The van der Waals surface area contributed by atoms with Crippen LogP contribution in [0.15, 0.2) is 46.1 Å². The number of furan rings is 1. The van der Waals surface area contributed by atoms with Crippen LogP contribution in [0.25, 0.3) is 0 Å². The molecule has 0 fully saturated rings. The number of nitrogens with two attached hydrogens (primary N) is 1. The van der Waals surface area contributed by atoms with Crippen LogP contribution < -0.4 is 10.5 Å². The van der Waals surface area contributed by atoms with E-state index in [0.717, 1.165) is 5.56 Å². The van der Waals surface area contributed by atoms with Crippen LogP contribution in [-0.4, -0.2) is 8.42 Å². The maximum atomic E-state index is 12.1. The molecule has 0 saturated carbocycles. The fourth-order valence-corrected chi connectivity index (χ4v) is 2.87. The Morgan fingerprint density at radius 2 is 2.11 bits per heavy atom. The van der Waals surface area contributed by atoms with Gasteiger partial charge in [-0.05, 0) is 36.8 Å².